The van der Waals surface area contributed by atoms with Crippen LogP contribution in [0.25, 0.3) is 66.1 Å². The highest BCUT2D eigenvalue weighted by Gasteiger charge is 2.13. The molecule has 346 valence electrons. The quantitative estimate of drug-likeness (QED) is 0.0594. The second-order valence-corrected chi connectivity index (χ2v) is 17.0. The van der Waals surface area contributed by atoms with E-state index in [0.29, 0.717) is 11.1 Å². The van der Waals surface area contributed by atoms with Crippen LogP contribution < -0.4 is 9.47 Å². The molecule has 0 N–H and O–H groups in total. The van der Waals surface area contributed by atoms with Gasteiger partial charge in [-0.05, 0) is 139 Å². The zero-order valence-electron chi connectivity index (χ0n) is 38.0. The van der Waals surface area contributed by atoms with E-state index in [2.05, 4.69) is 96.1 Å². The number of aryl methyl sites for hydroxylation is 2. The lowest BCUT2D eigenvalue weighted by atomic mass is 9.97. The third-order valence-electron chi connectivity index (χ3n) is 12.1. The molecule has 0 saturated carbocycles. The highest BCUT2D eigenvalue weighted by atomic mass is 19.3. The summed E-state index contributed by atoms with van der Waals surface area (Å²) in [4.78, 5) is 0. The Bertz CT molecular complexity index is 2840. The van der Waals surface area contributed by atoms with Gasteiger partial charge in [-0.3, -0.25) is 0 Å². The van der Waals surface area contributed by atoms with Crippen molar-refractivity contribution in [2.45, 2.75) is 97.7 Å². The van der Waals surface area contributed by atoms with Gasteiger partial charge in [-0.1, -0.05) is 180 Å². The first-order chi connectivity index (χ1) is 32.6. The van der Waals surface area contributed by atoms with Gasteiger partial charge in [-0.25, -0.2) is 8.78 Å². The normalized spacial score (nSPS) is 11.3. The SMILES string of the molecule is CCCCCCCc1ccc2cc(-c3ccc(-c4ccc(OC(F)F)c(F)c4)cc3)ccc2c1.CCCCCCc1ccc2cc(-c3ccc(-c4ccc(OC(F)F)c(F)c4)cc3)ccc2c1. The first-order valence-electron chi connectivity index (χ1n) is 23.3. The van der Waals surface area contributed by atoms with E-state index >= 15 is 0 Å². The summed E-state index contributed by atoms with van der Waals surface area (Å²) in [5.41, 5.74) is 9.91. The molecule has 8 rings (SSSR count). The van der Waals surface area contributed by atoms with Crippen molar-refractivity contribution in [2.24, 2.45) is 0 Å². The van der Waals surface area contributed by atoms with Crippen molar-refractivity contribution in [1.82, 2.24) is 0 Å². The summed E-state index contributed by atoms with van der Waals surface area (Å²) in [5, 5.41) is 4.89. The van der Waals surface area contributed by atoms with Gasteiger partial charge >= 0.3 is 13.2 Å². The molecule has 8 aromatic rings. The molecule has 8 aromatic carbocycles. The largest absolute Gasteiger partial charge is 0.432 e. The third-order valence-corrected chi connectivity index (χ3v) is 12.1. The molecule has 0 amide bonds. The van der Waals surface area contributed by atoms with E-state index in [1.807, 2.05) is 48.5 Å². The summed E-state index contributed by atoms with van der Waals surface area (Å²) in [6.07, 6.45) is 13.7. The van der Waals surface area contributed by atoms with Crippen LogP contribution in [0.4, 0.5) is 26.3 Å². The van der Waals surface area contributed by atoms with Gasteiger partial charge in [0.05, 0.1) is 0 Å². The van der Waals surface area contributed by atoms with Crippen LogP contribution in [0.2, 0.25) is 0 Å². The standard InChI is InChI=1S/C30H29F3O.C29H27F3O/c1-2-3-4-5-6-7-21-8-9-26-19-25(15-14-24(26)18-21)22-10-12-23(13-11-22)27-16-17-29(28(31)20-27)34-30(32)33;1-2-3-4-5-6-20-7-8-25-18-24(14-13-23(25)17-20)21-9-11-22(12-10-21)26-15-16-28(27(30)19-26)33-29(31)32/h8-20,30H,2-7H2,1H3;7-19,29H,2-6H2,1H3. The molecule has 0 fully saturated rings. The minimum absolute atomic E-state index is 0.453. The molecule has 0 aromatic heterocycles. The molecule has 0 aliphatic carbocycles. The van der Waals surface area contributed by atoms with Gasteiger partial charge in [-0.2, -0.15) is 17.6 Å². The smallest absolute Gasteiger partial charge is 0.387 e. The number of fused-ring (bicyclic) bond motifs is 2. The summed E-state index contributed by atoms with van der Waals surface area (Å²) in [5.74, 6) is -2.52. The average Bonchev–Trinajstić information content (AvgIpc) is 3.34. The van der Waals surface area contributed by atoms with Crippen LogP contribution in [0.15, 0.2) is 158 Å². The molecular formula is C59H56F6O2. The molecule has 0 aliphatic heterocycles. The van der Waals surface area contributed by atoms with Crippen LogP contribution in [0, 0.1) is 11.6 Å². The number of hydrogen-bond donors (Lipinski definition) is 0. The molecule has 0 aliphatic rings. The summed E-state index contributed by atoms with van der Waals surface area (Å²) in [6, 6.07) is 49.9. The first-order valence-corrected chi connectivity index (χ1v) is 23.3. The lowest BCUT2D eigenvalue weighted by Gasteiger charge is -2.09. The number of alkyl halides is 4. The van der Waals surface area contributed by atoms with Crippen LogP contribution in [0.5, 0.6) is 11.5 Å². The van der Waals surface area contributed by atoms with Gasteiger partial charge in [0.15, 0.2) is 23.1 Å². The summed E-state index contributed by atoms with van der Waals surface area (Å²) < 4.78 is 85.9. The van der Waals surface area contributed by atoms with Gasteiger partial charge in [0.25, 0.3) is 0 Å². The molecular weight excluding hydrogens is 855 g/mol. The van der Waals surface area contributed by atoms with E-state index in [1.165, 1.54) is 115 Å². The van der Waals surface area contributed by atoms with Gasteiger partial charge in [0.2, 0.25) is 0 Å². The van der Waals surface area contributed by atoms with Crippen molar-refractivity contribution >= 4 is 21.5 Å². The van der Waals surface area contributed by atoms with Crippen LogP contribution >= 0.6 is 0 Å². The number of hydrogen-bond acceptors (Lipinski definition) is 2. The van der Waals surface area contributed by atoms with Crippen LogP contribution in [-0.2, 0) is 12.8 Å². The second kappa shape index (κ2) is 23.8. The number of rotatable bonds is 19. The minimum Gasteiger partial charge on any atom is -0.432 e. The Morgan fingerprint density at radius 2 is 0.627 bits per heavy atom. The highest BCUT2D eigenvalue weighted by Crippen LogP contribution is 2.33. The maximum absolute atomic E-state index is 14.1. The number of benzene rings is 8. The molecule has 0 spiro atoms. The lowest BCUT2D eigenvalue weighted by molar-refractivity contribution is -0.0527. The zero-order chi connectivity index (χ0) is 47.1. The predicted octanol–water partition coefficient (Wildman–Crippen LogP) is 18.5. The summed E-state index contributed by atoms with van der Waals surface area (Å²) in [6.45, 7) is -1.64. The van der Waals surface area contributed by atoms with E-state index in [4.69, 9.17) is 0 Å². The van der Waals surface area contributed by atoms with E-state index < -0.39 is 36.4 Å². The predicted molar refractivity (Wildman–Crippen MR) is 263 cm³/mol. The Labute approximate surface area is 390 Å². The lowest BCUT2D eigenvalue weighted by Crippen LogP contribution is -2.03. The number of unbranched alkanes of at least 4 members (excludes halogenated alkanes) is 7. The van der Waals surface area contributed by atoms with E-state index in [0.717, 1.165) is 46.2 Å². The molecule has 0 heterocycles. The van der Waals surface area contributed by atoms with Crippen molar-refractivity contribution in [2.75, 3.05) is 0 Å². The Morgan fingerprint density at radius 1 is 0.328 bits per heavy atom. The monoisotopic (exact) mass is 910 g/mol. The molecule has 0 saturated heterocycles. The van der Waals surface area contributed by atoms with Crippen molar-refractivity contribution in [3.05, 3.63) is 180 Å². The van der Waals surface area contributed by atoms with Gasteiger partial charge in [0, 0.05) is 0 Å². The van der Waals surface area contributed by atoms with Crippen molar-refractivity contribution in [3.8, 4) is 56.0 Å². The van der Waals surface area contributed by atoms with Crippen LogP contribution in [0.3, 0.4) is 0 Å². The van der Waals surface area contributed by atoms with Crippen molar-refractivity contribution in [1.29, 1.82) is 0 Å². The van der Waals surface area contributed by atoms with Gasteiger partial charge in [0.1, 0.15) is 0 Å². The fourth-order valence-corrected chi connectivity index (χ4v) is 8.40. The van der Waals surface area contributed by atoms with Crippen LogP contribution in [-0.4, -0.2) is 13.2 Å². The fraction of sp³-hybridized carbons (Fsp3) is 0.254. The Morgan fingerprint density at radius 3 is 0.985 bits per heavy atom. The van der Waals surface area contributed by atoms with Gasteiger partial charge < -0.3 is 9.47 Å². The van der Waals surface area contributed by atoms with E-state index in [1.54, 1.807) is 12.1 Å². The molecule has 8 heteroatoms. The van der Waals surface area contributed by atoms with Crippen LogP contribution in [0.1, 0.15) is 82.8 Å². The maximum atomic E-state index is 14.1. The third kappa shape index (κ3) is 13.5. The zero-order valence-corrected chi connectivity index (χ0v) is 38.0. The average molecular weight is 911 g/mol. The molecule has 0 bridgehead atoms. The molecule has 2 nitrogen and oxygen atoms in total. The molecule has 0 unspecified atom stereocenters. The van der Waals surface area contributed by atoms with E-state index in [-0.39, 0.29) is 0 Å². The highest BCUT2D eigenvalue weighted by molar-refractivity contribution is 5.89. The first kappa shape index (κ1) is 48.4. The van der Waals surface area contributed by atoms with Crippen molar-refractivity contribution < 1.29 is 35.8 Å². The number of halogens is 6. The van der Waals surface area contributed by atoms with Crippen molar-refractivity contribution in [3.63, 3.8) is 0 Å². The Hall–Kier alpha value is -6.54. The topological polar surface area (TPSA) is 18.5 Å². The van der Waals surface area contributed by atoms with Gasteiger partial charge in [-0.15, -0.1) is 0 Å². The second-order valence-electron chi connectivity index (χ2n) is 17.0. The summed E-state index contributed by atoms with van der Waals surface area (Å²) >= 11 is 0. The Balaban J connectivity index is 0.000000199. The molecule has 0 radical (unpaired) electrons. The minimum atomic E-state index is -3.05. The maximum Gasteiger partial charge on any atom is 0.387 e. The summed E-state index contributed by atoms with van der Waals surface area (Å²) in [7, 11) is 0. The molecule has 67 heavy (non-hydrogen) atoms. The van der Waals surface area contributed by atoms with E-state index in [9.17, 15) is 26.3 Å². The Kier molecular flexibility index (Phi) is 17.2. The number of ether oxygens (including phenoxy) is 2. The fourth-order valence-electron chi connectivity index (χ4n) is 8.40. The molecule has 0 atom stereocenters.